The number of likely N-dealkylation sites (tertiary alicyclic amines) is 1. The summed E-state index contributed by atoms with van der Waals surface area (Å²) in [6.07, 6.45) is 9.63. The van der Waals surface area contributed by atoms with Gasteiger partial charge < -0.3 is 10.2 Å². The Kier molecular flexibility index (Phi) is 4.64. The molecule has 2 rings (SSSR count). The Bertz CT molecular complexity index is 218. The molecule has 0 spiro atoms. The van der Waals surface area contributed by atoms with Crippen LogP contribution in [0.4, 0.5) is 0 Å². The maximum atomic E-state index is 12.0. The smallest absolute Gasteiger partial charge is 0.223 e. The molecule has 0 unspecified atom stereocenters. The van der Waals surface area contributed by atoms with Crippen molar-refractivity contribution in [2.45, 2.75) is 57.4 Å². The van der Waals surface area contributed by atoms with E-state index in [2.05, 4.69) is 10.2 Å². The summed E-state index contributed by atoms with van der Waals surface area (Å²) in [6.45, 7) is 2.85. The fourth-order valence-corrected chi connectivity index (χ4v) is 2.33. The highest BCUT2D eigenvalue weighted by Crippen LogP contribution is 2.18. The van der Waals surface area contributed by atoms with Crippen molar-refractivity contribution in [1.82, 2.24) is 10.2 Å². The van der Waals surface area contributed by atoms with Crippen LogP contribution in [-0.4, -0.2) is 36.5 Å². The summed E-state index contributed by atoms with van der Waals surface area (Å²) in [7, 11) is 0. The lowest BCUT2D eigenvalue weighted by molar-refractivity contribution is -0.131. The van der Waals surface area contributed by atoms with Gasteiger partial charge >= 0.3 is 0 Å². The maximum Gasteiger partial charge on any atom is 0.223 e. The summed E-state index contributed by atoms with van der Waals surface area (Å²) in [4.78, 5) is 14.0. The van der Waals surface area contributed by atoms with Gasteiger partial charge in [-0.3, -0.25) is 4.79 Å². The van der Waals surface area contributed by atoms with Crippen molar-refractivity contribution in [1.29, 1.82) is 0 Å². The van der Waals surface area contributed by atoms with Crippen LogP contribution in [0.2, 0.25) is 0 Å². The van der Waals surface area contributed by atoms with E-state index in [1.54, 1.807) is 0 Å². The van der Waals surface area contributed by atoms with Crippen LogP contribution in [-0.2, 0) is 4.79 Å². The molecule has 2 aliphatic rings. The molecule has 16 heavy (non-hydrogen) atoms. The number of amides is 1. The lowest BCUT2D eigenvalue weighted by Crippen LogP contribution is -2.35. The number of rotatable bonds is 4. The second-order valence-corrected chi connectivity index (χ2v) is 5.13. The molecule has 1 N–H and O–H groups in total. The predicted octanol–water partition coefficient (Wildman–Crippen LogP) is 1.92. The average molecular weight is 224 g/mol. The molecule has 0 bridgehead atoms. The predicted molar refractivity (Wildman–Crippen MR) is 65.3 cm³/mol. The van der Waals surface area contributed by atoms with Crippen molar-refractivity contribution >= 4 is 5.91 Å². The van der Waals surface area contributed by atoms with Crippen LogP contribution >= 0.6 is 0 Å². The quantitative estimate of drug-likeness (QED) is 0.791. The number of nitrogens with one attached hydrogen (secondary N) is 1. The fraction of sp³-hybridized carbons (Fsp3) is 0.923. The third-order valence-electron chi connectivity index (χ3n) is 3.56. The van der Waals surface area contributed by atoms with Crippen LogP contribution in [0.5, 0.6) is 0 Å². The Labute approximate surface area is 98.6 Å². The van der Waals surface area contributed by atoms with Crippen molar-refractivity contribution in [2.24, 2.45) is 0 Å². The molecular weight excluding hydrogens is 200 g/mol. The summed E-state index contributed by atoms with van der Waals surface area (Å²) < 4.78 is 0. The zero-order chi connectivity index (χ0) is 11.2. The Morgan fingerprint density at radius 2 is 1.69 bits per heavy atom. The van der Waals surface area contributed by atoms with E-state index in [0.717, 1.165) is 25.7 Å². The molecule has 1 amide bonds. The van der Waals surface area contributed by atoms with Crippen LogP contribution in [0, 0.1) is 0 Å². The van der Waals surface area contributed by atoms with Crippen molar-refractivity contribution in [2.75, 3.05) is 19.6 Å². The van der Waals surface area contributed by atoms with E-state index in [1.807, 2.05) is 0 Å². The Hall–Kier alpha value is -0.570. The molecule has 3 heteroatoms. The largest absolute Gasteiger partial charge is 0.343 e. The fourth-order valence-electron chi connectivity index (χ4n) is 2.33. The lowest BCUT2D eigenvalue weighted by Gasteiger charge is -2.24. The second kappa shape index (κ2) is 6.24. The zero-order valence-electron chi connectivity index (χ0n) is 10.2. The van der Waals surface area contributed by atoms with Gasteiger partial charge in [-0.1, -0.05) is 19.3 Å². The van der Waals surface area contributed by atoms with Gasteiger partial charge in [-0.2, -0.15) is 0 Å². The number of hydrogen-bond acceptors (Lipinski definition) is 2. The van der Waals surface area contributed by atoms with Crippen molar-refractivity contribution in [3.8, 4) is 0 Å². The summed E-state index contributed by atoms with van der Waals surface area (Å²) >= 11 is 0. The molecule has 0 atom stereocenters. The standard InChI is InChI=1S/C13H24N2O/c16-13(8-9-14-12-6-7-12)15-10-4-2-1-3-5-11-15/h12,14H,1-11H2. The minimum absolute atomic E-state index is 0.357. The van der Waals surface area contributed by atoms with E-state index in [-0.39, 0.29) is 0 Å². The molecule has 1 aliphatic heterocycles. The molecule has 1 aliphatic carbocycles. The van der Waals surface area contributed by atoms with Crippen molar-refractivity contribution in [3.05, 3.63) is 0 Å². The first-order valence-electron chi connectivity index (χ1n) is 6.87. The van der Waals surface area contributed by atoms with Crippen molar-refractivity contribution < 1.29 is 4.79 Å². The minimum Gasteiger partial charge on any atom is -0.343 e. The van der Waals surface area contributed by atoms with Gasteiger partial charge in [-0.05, 0) is 25.7 Å². The third-order valence-corrected chi connectivity index (χ3v) is 3.56. The van der Waals surface area contributed by atoms with E-state index < -0.39 is 0 Å². The molecule has 1 saturated heterocycles. The van der Waals surface area contributed by atoms with Gasteiger partial charge in [0.2, 0.25) is 5.91 Å². The van der Waals surface area contributed by atoms with E-state index in [4.69, 9.17) is 0 Å². The first-order valence-corrected chi connectivity index (χ1v) is 6.87. The van der Waals surface area contributed by atoms with Crippen LogP contribution in [0.3, 0.4) is 0 Å². The van der Waals surface area contributed by atoms with Gasteiger partial charge in [0.1, 0.15) is 0 Å². The zero-order valence-corrected chi connectivity index (χ0v) is 10.2. The van der Waals surface area contributed by atoms with Crippen LogP contribution in [0.25, 0.3) is 0 Å². The molecule has 0 radical (unpaired) electrons. The van der Waals surface area contributed by atoms with Crippen LogP contribution in [0.15, 0.2) is 0 Å². The highest BCUT2D eigenvalue weighted by atomic mass is 16.2. The maximum absolute atomic E-state index is 12.0. The summed E-state index contributed by atoms with van der Waals surface area (Å²) in [6, 6.07) is 0.722. The first kappa shape index (κ1) is 11.9. The van der Waals surface area contributed by atoms with Crippen molar-refractivity contribution in [3.63, 3.8) is 0 Å². The third kappa shape index (κ3) is 4.12. The lowest BCUT2D eigenvalue weighted by atomic mass is 10.1. The van der Waals surface area contributed by atoms with Gasteiger partial charge in [0.05, 0.1) is 0 Å². The van der Waals surface area contributed by atoms with Gasteiger partial charge in [-0.15, -0.1) is 0 Å². The van der Waals surface area contributed by atoms with Gasteiger partial charge in [0, 0.05) is 32.1 Å². The highest BCUT2D eigenvalue weighted by Gasteiger charge is 2.21. The van der Waals surface area contributed by atoms with Crippen LogP contribution in [0.1, 0.15) is 51.4 Å². The topological polar surface area (TPSA) is 32.3 Å². The Morgan fingerprint density at radius 3 is 2.31 bits per heavy atom. The monoisotopic (exact) mass is 224 g/mol. The van der Waals surface area contributed by atoms with Gasteiger partial charge in [0.15, 0.2) is 0 Å². The molecule has 0 aromatic heterocycles. The summed E-state index contributed by atoms with van der Waals surface area (Å²) in [5.41, 5.74) is 0. The normalized spacial score (nSPS) is 22.6. The molecule has 2 fully saturated rings. The second-order valence-electron chi connectivity index (χ2n) is 5.13. The summed E-state index contributed by atoms with van der Waals surface area (Å²) in [5, 5.41) is 3.41. The van der Waals surface area contributed by atoms with Gasteiger partial charge in [0.25, 0.3) is 0 Å². The Morgan fingerprint density at radius 1 is 1.06 bits per heavy atom. The molecule has 92 valence electrons. The van der Waals surface area contributed by atoms with E-state index >= 15 is 0 Å². The van der Waals surface area contributed by atoms with E-state index in [0.29, 0.717) is 12.3 Å². The number of nitrogens with zero attached hydrogens (tertiary/aromatic N) is 1. The van der Waals surface area contributed by atoms with E-state index in [1.165, 1.54) is 44.9 Å². The first-order chi connectivity index (χ1) is 7.86. The molecule has 0 aromatic carbocycles. The Balaban J connectivity index is 1.64. The highest BCUT2D eigenvalue weighted by molar-refractivity contribution is 5.76. The number of hydrogen-bond donors (Lipinski definition) is 1. The summed E-state index contributed by atoms with van der Waals surface area (Å²) in [5.74, 6) is 0.357. The SMILES string of the molecule is O=C(CCNC1CC1)N1CCCCCCC1. The van der Waals surface area contributed by atoms with E-state index in [9.17, 15) is 4.79 Å². The molecular formula is C13H24N2O. The molecule has 1 saturated carbocycles. The molecule has 1 heterocycles. The average Bonchev–Trinajstić information content (AvgIpc) is 3.00. The number of carbonyl (C=O) groups is 1. The molecule has 3 nitrogen and oxygen atoms in total. The molecule has 0 aromatic rings. The minimum atomic E-state index is 0.357. The van der Waals surface area contributed by atoms with Gasteiger partial charge in [-0.25, -0.2) is 0 Å². The number of carbonyl (C=O) groups excluding carboxylic acids is 1. The van der Waals surface area contributed by atoms with Crippen LogP contribution < -0.4 is 5.32 Å².